The summed E-state index contributed by atoms with van der Waals surface area (Å²) < 4.78 is 20.7. The van der Waals surface area contributed by atoms with Gasteiger partial charge in [-0.15, -0.1) is 0 Å². The van der Waals surface area contributed by atoms with Crippen LogP contribution in [0.15, 0.2) is 36.4 Å². The van der Waals surface area contributed by atoms with Gasteiger partial charge >= 0.3 is 5.97 Å². The number of hydrogen-bond acceptors (Lipinski definition) is 6. The Hall–Kier alpha value is -2.73. The zero-order chi connectivity index (χ0) is 19.3. The second-order valence-corrected chi connectivity index (χ2v) is 5.80. The van der Waals surface area contributed by atoms with Crippen LogP contribution in [0.2, 0.25) is 0 Å². The monoisotopic (exact) mass is 360 g/mol. The highest BCUT2D eigenvalue weighted by Crippen LogP contribution is 2.38. The van der Waals surface area contributed by atoms with Gasteiger partial charge in [0.25, 0.3) is 0 Å². The Morgan fingerprint density at radius 3 is 2.12 bits per heavy atom. The molecular weight excluding hydrogens is 336 g/mol. The minimum absolute atomic E-state index is 0.283. The molecule has 0 aliphatic heterocycles. The summed E-state index contributed by atoms with van der Waals surface area (Å²) in [6.45, 7) is 1.89. The highest BCUT2D eigenvalue weighted by molar-refractivity contribution is 5.90. The molecule has 0 aliphatic rings. The smallest absolute Gasteiger partial charge is 0.337 e. The maximum atomic E-state index is 11.7. The second-order valence-electron chi connectivity index (χ2n) is 5.80. The Balaban J connectivity index is 2.35. The number of rotatable bonds is 7. The molecule has 2 aromatic carbocycles. The fourth-order valence-electron chi connectivity index (χ4n) is 2.83. The highest BCUT2D eigenvalue weighted by Gasteiger charge is 2.23. The number of aliphatic hydroxyl groups is 1. The molecular formula is C20H24O6. The van der Waals surface area contributed by atoms with E-state index < -0.39 is 12.1 Å². The predicted molar refractivity (Wildman–Crippen MR) is 97.3 cm³/mol. The van der Waals surface area contributed by atoms with Gasteiger partial charge < -0.3 is 24.1 Å². The van der Waals surface area contributed by atoms with Crippen molar-refractivity contribution in [2.45, 2.75) is 18.9 Å². The molecule has 0 saturated heterocycles. The molecule has 0 aromatic heterocycles. The van der Waals surface area contributed by atoms with Crippen LogP contribution < -0.4 is 14.2 Å². The van der Waals surface area contributed by atoms with E-state index in [1.165, 1.54) is 14.2 Å². The molecule has 6 heteroatoms. The third kappa shape index (κ3) is 3.91. The lowest BCUT2D eigenvalue weighted by Gasteiger charge is -2.23. The third-order valence-electron chi connectivity index (χ3n) is 4.37. The van der Waals surface area contributed by atoms with Crippen LogP contribution in [0.3, 0.4) is 0 Å². The first-order chi connectivity index (χ1) is 12.5. The van der Waals surface area contributed by atoms with E-state index in [1.54, 1.807) is 50.6 Å². The molecule has 0 heterocycles. The fraction of sp³-hybridized carbons (Fsp3) is 0.350. The summed E-state index contributed by atoms with van der Waals surface area (Å²) in [5.74, 6) is 0.929. The fourth-order valence-corrected chi connectivity index (χ4v) is 2.83. The summed E-state index contributed by atoms with van der Waals surface area (Å²) in [6, 6.07) is 10.3. The number of ether oxygens (including phenoxy) is 4. The van der Waals surface area contributed by atoms with Crippen molar-refractivity contribution in [1.29, 1.82) is 0 Å². The van der Waals surface area contributed by atoms with E-state index in [0.717, 1.165) is 5.56 Å². The molecule has 0 saturated carbocycles. The zero-order valence-corrected chi connectivity index (χ0v) is 15.6. The second kappa shape index (κ2) is 8.58. The molecule has 0 radical (unpaired) electrons. The third-order valence-corrected chi connectivity index (χ3v) is 4.37. The van der Waals surface area contributed by atoms with Crippen LogP contribution in [0, 0.1) is 0 Å². The highest BCUT2D eigenvalue weighted by atomic mass is 16.5. The Morgan fingerprint density at radius 1 is 0.885 bits per heavy atom. The van der Waals surface area contributed by atoms with Crippen molar-refractivity contribution in [3.63, 3.8) is 0 Å². The average Bonchev–Trinajstić information content (AvgIpc) is 2.70. The molecule has 2 rings (SSSR count). The summed E-state index contributed by atoms with van der Waals surface area (Å²) in [5.41, 5.74) is 1.86. The van der Waals surface area contributed by atoms with E-state index >= 15 is 0 Å². The molecule has 0 unspecified atom stereocenters. The van der Waals surface area contributed by atoms with Crippen LogP contribution in [-0.4, -0.2) is 39.5 Å². The Labute approximate surface area is 153 Å². The minimum atomic E-state index is -0.798. The van der Waals surface area contributed by atoms with Gasteiger partial charge in [-0.1, -0.05) is 19.1 Å². The van der Waals surface area contributed by atoms with Gasteiger partial charge in [0.05, 0.1) is 40.1 Å². The van der Waals surface area contributed by atoms with Gasteiger partial charge in [0.2, 0.25) is 0 Å². The van der Waals surface area contributed by atoms with Crippen molar-refractivity contribution < 1.29 is 28.8 Å². The number of esters is 1. The summed E-state index contributed by atoms with van der Waals surface area (Å²) in [5, 5.41) is 10.8. The maximum absolute atomic E-state index is 11.7. The normalized spacial score (nSPS) is 12.8. The lowest BCUT2D eigenvalue weighted by atomic mass is 9.89. The van der Waals surface area contributed by atoms with Crippen LogP contribution in [0.5, 0.6) is 17.2 Å². The van der Waals surface area contributed by atoms with E-state index in [-0.39, 0.29) is 5.92 Å². The standard InChI is InChI=1S/C20H24O6/c1-12(15-8-6-14(20(22)26-5)11-17(15)24-3)19(21)13-7-9-16(23-2)18(10-13)25-4/h6-12,19,21H,1-5H3/t12-,19-/m1/s1. The van der Waals surface area contributed by atoms with Crippen LogP contribution >= 0.6 is 0 Å². The Bertz CT molecular complexity index is 771. The number of hydrogen-bond donors (Lipinski definition) is 1. The van der Waals surface area contributed by atoms with Gasteiger partial charge in [0, 0.05) is 5.92 Å². The van der Waals surface area contributed by atoms with E-state index in [2.05, 4.69) is 0 Å². The number of aliphatic hydroxyl groups excluding tert-OH is 1. The lowest BCUT2D eigenvalue weighted by molar-refractivity contribution is 0.0600. The number of benzene rings is 2. The molecule has 6 nitrogen and oxygen atoms in total. The zero-order valence-electron chi connectivity index (χ0n) is 15.6. The van der Waals surface area contributed by atoms with Crippen LogP contribution in [0.25, 0.3) is 0 Å². The molecule has 0 spiro atoms. The van der Waals surface area contributed by atoms with Crippen LogP contribution in [0.1, 0.15) is 40.4 Å². The van der Waals surface area contributed by atoms with Gasteiger partial charge in [-0.3, -0.25) is 0 Å². The molecule has 26 heavy (non-hydrogen) atoms. The van der Waals surface area contributed by atoms with Crippen molar-refractivity contribution in [2.75, 3.05) is 28.4 Å². The van der Waals surface area contributed by atoms with Crippen molar-refractivity contribution in [2.24, 2.45) is 0 Å². The van der Waals surface area contributed by atoms with E-state index in [9.17, 15) is 9.90 Å². The number of methoxy groups -OCH3 is 4. The summed E-state index contributed by atoms with van der Waals surface area (Å²) >= 11 is 0. The molecule has 2 aromatic rings. The summed E-state index contributed by atoms with van der Waals surface area (Å²) in [4.78, 5) is 11.7. The first-order valence-electron chi connectivity index (χ1n) is 8.13. The van der Waals surface area contributed by atoms with Crippen LogP contribution in [-0.2, 0) is 4.74 Å². The topological polar surface area (TPSA) is 74.2 Å². The first-order valence-corrected chi connectivity index (χ1v) is 8.13. The van der Waals surface area contributed by atoms with Crippen molar-refractivity contribution in [1.82, 2.24) is 0 Å². The minimum Gasteiger partial charge on any atom is -0.496 e. The number of carbonyl (C=O) groups excluding carboxylic acids is 1. The van der Waals surface area contributed by atoms with Crippen LogP contribution in [0.4, 0.5) is 0 Å². The predicted octanol–water partition coefficient (Wildman–Crippen LogP) is 3.34. The molecule has 0 aliphatic carbocycles. The molecule has 1 N–H and O–H groups in total. The van der Waals surface area contributed by atoms with Crippen molar-refractivity contribution >= 4 is 5.97 Å². The van der Waals surface area contributed by atoms with E-state index in [0.29, 0.717) is 28.4 Å². The maximum Gasteiger partial charge on any atom is 0.337 e. The largest absolute Gasteiger partial charge is 0.496 e. The SMILES string of the molecule is COC(=O)c1ccc([C@@H](C)[C@@H](O)c2ccc(OC)c(OC)c2)c(OC)c1. The first kappa shape index (κ1) is 19.6. The van der Waals surface area contributed by atoms with Gasteiger partial charge in [-0.2, -0.15) is 0 Å². The average molecular weight is 360 g/mol. The molecule has 2 atom stereocenters. The molecule has 0 fully saturated rings. The number of carbonyl (C=O) groups is 1. The van der Waals surface area contributed by atoms with Gasteiger partial charge in [0.1, 0.15) is 5.75 Å². The summed E-state index contributed by atoms with van der Waals surface area (Å²) in [7, 11) is 5.96. The Kier molecular flexibility index (Phi) is 6.46. The summed E-state index contributed by atoms with van der Waals surface area (Å²) in [6.07, 6.45) is -0.798. The van der Waals surface area contributed by atoms with E-state index in [4.69, 9.17) is 18.9 Å². The quantitative estimate of drug-likeness (QED) is 0.764. The molecule has 140 valence electrons. The molecule has 0 bridgehead atoms. The lowest BCUT2D eigenvalue weighted by Crippen LogP contribution is -2.10. The van der Waals surface area contributed by atoms with Crippen molar-refractivity contribution in [3.8, 4) is 17.2 Å². The van der Waals surface area contributed by atoms with Gasteiger partial charge in [-0.05, 0) is 35.4 Å². The molecule has 0 amide bonds. The van der Waals surface area contributed by atoms with E-state index in [1.807, 2.05) is 6.92 Å². The van der Waals surface area contributed by atoms with Gasteiger partial charge in [0.15, 0.2) is 11.5 Å². The Morgan fingerprint density at radius 2 is 1.54 bits per heavy atom. The van der Waals surface area contributed by atoms with Gasteiger partial charge in [-0.25, -0.2) is 4.79 Å². The van der Waals surface area contributed by atoms with Crippen molar-refractivity contribution in [3.05, 3.63) is 53.1 Å².